The Bertz CT molecular complexity index is 294. The number of amides is 3. The normalized spacial score (nSPS) is 11.4. The first kappa shape index (κ1) is 16.2. The van der Waals surface area contributed by atoms with Gasteiger partial charge in [0.25, 0.3) is 0 Å². The van der Waals surface area contributed by atoms with Crippen LogP contribution in [0.4, 0.5) is 4.79 Å². The van der Waals surface area contributed by atoms with Crippen molar-refractivity contribution in [2.24, 2.45) is 0 Å². The van der Waals surface area contributed by atoms with E-state index in [2.05, 4.69) is 16.0 Å². The van der Waals surface area contributed by atoms with Crippen LogP contribution in [0, 0.1) is 0 Å². The van der Waals surface area contributed by atoms with E-state index in [0.29, 0.717) is 13.0 Å². The van der Waals surface area contributed by atoms with Crippen molar-refractivity contribution < 1.29 is 19.5 Å². The molecule has 0 aliphatic heterocycles. The lowest BCUT2D eigenvalue weighted by atomic mass is 10.2. The lowest BCUT2D eigenvalue weighted by Gasteiger charge is -2.13. The largest absolute Gasteiger partial charge is 0.480 e. The first-order valence-electron chi connectivity index (χ1n) is 6.05. The molecule has 7 nitrogen and oxygen atoms in total. The fourth-order valence-corrected chi connectivity index (χ4v) is 1.19. The molecule has 1 atom stereocenters. The van der Waals surface area contributed by atoms with Gasteiger partial charge in [-0.1, -0.05) is 13.8 Å². The zero-order valence-electron chi connectivity index (χ0n) is 10.8. The number of carboxylic acids is 1. The van der Waals surface area contributed by atoms with E-state index in [1.807, 2.05) is 6.92 Å². The lowest BCUT2D eigenvalue weighted by molar-refractivity contribution is -0.139. The van der Waals surface area contributed by atoms with Crippen LogP contribution in [0.1, 0.15) is 33.1 Å². The Balaban J connectivity index is 3.76. The van der Waals surface area contributed by atoms with Crippen LogP contribution < -0.4 is 16.0 Å². The summed E-state index contributed by atoms with van der Waals surface area (Å²) in [7, 11) is 0. The predicted molar refractivity (Wildman–Crippen MR) is 66.2 cm³/mol. The molecule has 4 N–H and O–H groups in total. The molecule has 0 spiro atoms. The zero-order chi connectivity index (χ0) is 14.0. The van der Waals surface area contributed by atoms with Crippen LogP contribution in [0.3, 0.4) is 0 Å². The second-order valence-corrected chi connectivity index (χ2v) is 3.80. The maximum Gasteiger partial charge on any atom is 0.326 e. The molecule has 0 aromatic carbocycles. The van der Waals surface area contributed by atoms with Crippen molar-refractivity contribution in [3.63, 3.8) is 0 Å². The molecule has 0 aromatic heterocycles. The molecular weight excluding hydrogens is 238 g/mol. The van der Waals surface area contributed by atoms with Gasteiger partial charge in [0.05, 0.1) is 0 Å². The molecule has 0 rings (SSSR count). The van der Waals surface area contributed by atoms with E-state index in [9.17, 15) is 14.4 Å². The molecule has 0 saturated carbocycles. The van der Waals surface area contributed by atoms with Gasteiger partial charge in [0.1, 0.15) is 6.04 Å². The summed E-state index contributed by atoms with van der Waals surface area (Å²) in [5.41, 5.74) is 0. The van der Waals surface area contributed by atoms with Gasteiger partial charge >= 0.3 is 12.0 Å². The Hall–Kier alpha value is -1.79. The molecule has 0 radical (unpaired) electrons. The van der Waals surface area contributed by atoms with E-state index in [1.165, 1.54) is 0 Å². The predicted octanol–water partition coefficient (Wildman–Crippen LogP) is 0.0651. The first-order chi connectivity index (χ1) is 8.51. The van der Waals surface area contributed by atoms with Gasteiger partial charge in [-0.3, -0.25) is 4.79 Å². The minimum atomic E-state index is -1.08. The minimum Gasteiger partial charge on any atom is -0.480 e. The fraction of sp³-hybridized carbons (Fsp3) is 0.727. The molecule has 104 valence electrons. The second kappa shape index (κ2) is 9.26. The molecule has 0 aliphatic rings. The summed E-state index contributed by atoms with van der Waals surface area (Å²) in [6, 6.07) is -1.48. The number of carboxylic acid groups (broad SMARTS) is 1. The molecule has 0 aliphatic carbocycles. The van der Waals surface area contributed by atoms with Crippen LogP contribution in [0.25, 0.3) is 0 Å². The highest BCUT2D eigenvalue weighted by Gasteiger charge is 2.16. The zero-order valence-corrected chi connectivity index (χ0v) is 10.8. The number of rotatable bonds is 8. The van der Waals surface area contributed by atoms with E-state index in [0.717, 1.165) is 6.42 Å². The third kappa shape index (κ3) is 7.48. The maximum atomic E-state index is 11.3. The molecule has 0 aromatic rings. The molecule has 1 unspecified atom stereocenters. The van der Waals surface area contributed by atoms with Crippen LogP contribution in [0.2, 0.25) is 0 Å². The summed E-state index contributed by atoms with van der Waals surface area (Å²) >= 11 is 0. The molecule has 0 heterocycles. The van der Waals surface area contributed by atoms with Crippen LogP contribution in [-0.2, 0) is 9.59 Å². The van der Waals surface area contributed by atoms with Crippen molar-refractivity contribution in [1.82, 2.24) is 16.0 Å². The summed E-state index contributed by atoms with van der Waals surface area (Å²) in [5.74, 6) is -1.21. The third-order valence-electron chi connectivity index (χ3n) is 2.22. The van der Waals surface area contributed by atoms with Gasteiger partial charge in [-0.15, -0.1) is 0 Å². The summed E-state index contributed by atoms with van der Waals surface area (Å²) in [6.07, 6.45) is 1.34. The van der Waals surface area contributed by atoms with Gasteiger partial charge in [0.15, 0.2) is 0 Å². The van der Waals surface area contributed by atoms with Crippen LogP contribution in [0.15, 0.2) is 0 Å². The quantitative estimate of drug-likeness (QED) is 0.494. The Morgan fingerprint density at radius 1 is 1.11 bits per heavy atom. The Labute approximate surface area is 106 Å². The van der Waals surface area contributed by atoms with Crippen LogP contribution in [-0.4, -0.2) is 42.1 Å². The summed E-state index contributed by atoms with van der Waals surface area (Å²) in [5, 5.41) is 16.1. The van der Waals surface area contributed by atoms with Crippen LogP contribution >= 0.6 is 0 Å². The van der Waals surface area contributed by atoms with E-state index in [-0.39, 0.29) is 18.9 Å². The van der Waals surface area contributed by atoms with Crippen molar-refractivity contribution in [2.75, 3.05) is 13.1 Å². The van der Waals surface area contributed by atoms with Gasteiger partial charge < -0.3 is 21.1 Å². The molecule has 0 bridgehead atoms. The number of hydrogen-bond acceptors (Lipinski definition) is 3. The van der Waals surface area contributed by atoms with Crippen molar-refractivity contribution in [3.05, 3.63) is 0 Å². The smallest absolute Gasteiger partial charge is 0.326 e. The number of hydrogen-bond donors (Lipinski definition) is 4. The Morgan fingerprint density at radius 2 is 1.78 bits per heavy atom. The average Bonchev–Trinajstić information content (AvgIpc) is 2.33. The Kier molecular flexibility index (Phi) is 8.34. The summed E-state index contributed by atoms with van der Waals surface area (Å²) in [4.78, 5) is 33.1. The highest BCUT2D eigenvalue weighted by molar-refractivity contribution is 5.83. The van der Waals surface area contributed by atoms with Gasteiger partial charge in [0, 0.05) is 19.5 Å². The maximum absolute atomic E-state index is 11.3. The fourth-order valence-electron chi connectivity index (χ4n) is 1.19. The third-order valence-corrected chi connectivity index (χ3v) is 2.22. The van der Waals surface area contributed by atoms with Gasteiger partial charge in [0.2, 0.25) is 5.91 Å². The average molecular weight is 259 g/mol. The number of urea groups is 1. The monoisotopic (exact) mass is 259 g/mol. The number of aliphatic carboxylic acids is 1. The SMILES string of the molecule is CCCNC(=O)CCNC(=O)NC(CC)C(=O)O. The van der Waals surface area contributed by atoms with E-state index < -0.39 is 18.0 Å². The summed E-state index contributed by atoms with van der Waals surface area (Å²) < 4.78 is 0. The highest BCUT2D eigenvalue weighted by atomic mass is 16.4. The van der Waals surface area contributed by atoms with Gasteiger partial charge in [-0.05, 0) is 12.8 Å². The molecule has 0 fully saturated rings. The van der Waals surface area contributed by atoms with Gasteiger partial charge in [-0.2, -0.15) is 0 Å². The molecule has 3 amide bonds. The standard InChI is InChI=1S/C11H21N3O4/c1-3-6-12-9(15)5-7-13-11(18)14-8(4-2)10(16)17/h8H,3-7H2,1-2H3,(H,12,15)(H,16,17)(H2,13,14,18). The molecule has 7 heteroatoms. The van der Waals surface area contributed by atoms with Gasteiger partial charge in [-0.25, -0.2) is 9.59 Å². The van der Waals surface area contributed by atoms with E-state index >= 15 is 0 Å². The lowest BCUT2D eigenvalue weighted by Crippen LogP contribution is -2.46. The minimum absolute atomic E-state index is 0.137. The number of carbonyl (C=O) groups excluding carboxylic acids is 2. The number of nitrogens with one attached hydrogen (secondary N) is 3. The van der Waals surface area contributed by atoms with Crippen molar-refractivity contribution >= 4 is 17.9 Å². The Morgan fingerprint density at radius 3 is 2.28 bits per heavy atom. The van der Waals surface area contributed by atoms with Crippen molar-refractivity contribution in [1.29, 1.82) is 0 Å². The molecule has 0 saturated heterocycles. The summed E-state index contributed by atoms with van der Waals surface area (Å²) in [6.45, 7) is 4.40. The molecular formula is C11H21N3O4. The van der Waals surface area contributed by atoms with Crippen molar-refractivity contribution in [3.8, 4) is 0 Å². The second-order valence-electron chi connectivity index (χ2n) is 3.80. The number of carbonyl (C=O) groups is 3. The first-order valence-corrected chi connectivity index (χ1v) is 6.05. The highest BCUT2D eigenvalue weighted by Crippen LogP contribution is 1.90. The van der Waals surface area contributed by atoms with E-state index in [1.54, 1.807) is 6.92 Å². The van der Waals surface area contributed by atoms with E-state index in [4.69, 9.17) is 5.11 Å². The van der Waals surface area contributed by atoms with Crippen molar-refractivity contribution in [2.45, 2.75) is 39.2 Å². The topological polar surface area (TPSA) is 108 Å². The van der Waals surface area contributed by atoms with Crippen LogP contribution in [0.5, 0.6) is 0 Å². The molecule has 18 heavy (non-hydrogen) atoms.